The smallest absolute Gasteiger partial charge is 0.416 e. The first-order valence-corrected chi connectivity index (χ1v) is 11.6. The number of allylic oxidation sites excluding steroid dienone is 2. The first kappa shape index (κ1) is 23.1. The van der Waals surface area contributed by atoms with Crippen molar-refractivity contribution in [1.82, 2.24) is 5.32 Å². The van der Waals surface area contributed by atoms with Crippen molar-refractivity contribution in [3.8, 4) is 0 Å². The summed E-state index contributed by atoms with van der Waals surface area (Å²) in [5.74, 6) is -3.49. The summed E-state index contributed by atoms with van der Waals surface area (Å²) < 4.78 is 54.5. The highest BCUT2D eigenvalue weighted by Gasteiger charge is 2.44. The van der Waals surface area contributed by atoms with E-state index in [0.717, 1.165) is 6.07 Å². The van der Waals surface area contributed by atoms with Crippen LogP contribution in [0.3, 0.4) is 0 Å². The molecule has 5 nitrogen and oxygen atoms in total. The molecule has 0 saturated heterocycles. The molecule has 2 atom stereocenters. The maximum Gasteiger partial charge on any atom is 0.416 e. The molecular weight excluding hydrogens is 455 g/mol. The number of carbonyl (C=O) groups excluding carboxylic acids is 1. The quantitative estimate of drug-likeness (QED) is 0.620. The number of dihydropyridines is 1. The molecule has 2 unspecified atom stereocenters. The van der Waals surface area contributed by atoms with Crippen LogP contribution in [0.5, 0.6) is 0 Å². The van der Waals surface area contributed by atoms with E-state index in [4.69, 9.17) is 0 Å². The number of halogens is 3. The van der Waals surface area contributed by atoms with Gasteiger partial charge in [0, 0.05) is 23.6 Å². The highest BCUT2D eigenvalue weighted by Crippen LogP contribution is 2.46. The molecule has 9 heteroatoms. The lowest BCUT2D eigenvalue weighted by Gasteiger charge is -2.35. The van der Waals surface area contributed by atoms with Gasteiger partial charge in [0.1, 0.15) is 0 Å². The van der Waals surface area contributed by atoms with Gasteiger partial charge in [-0.3, -0.25) is 4.79 Å². The van der Waals surface area contributed by atoms with Gasteiger partial charge in [0.2, 0.25) is 0 Å². The summed E-state index contributed by atoms with van der Waals surface area (Å²) in [6.07, 6.45) is -3.73. The van der Waals surface area contributed by atoms with Crippen molar-refractivity contribution < 1.29 is 32.4 Å². The Labute approximate surface area is 191 Å². The highest BCUT2D eigenvalue weighted by atomic mass is 32.2. The van der Waals surface area contributed by atoms with Crippen LogP contribution in [-0.4, -0.2) is 27.2 Å². The van der Waals surface area contributed by atoms with Crippen molar-refractivity contribution in [3.05, 3.63) is 88.3 Å². The minimum absolute atomic E-state index is 0.0459. The second-order valence-corrected chi connectivity index (χ2v) is 9.26. The molecule has 1 aliphatic heterocycles. The van der Waals surface area contributed by atoms with Crippen molar-refractivity contribution >= 4 is 22.9 Å². The molecule has 2 aliphatic rings. The standard InChI is InChI=1S/C24H20F3NO4S/c25-24(26,27)16-10-5-4-9-15(16)20-21-17(11-6-12-19(21)29)28-18(22(20)23(30)31)13-33(32)14-7-2-1-3-8-14/h1-5,7-10,20,28H,6,11-13H2,(H,30,31). The van der Waals surface area contributed by atoms with E-state index in [1.165, 1.54) is 18.2 Å². The molecule has 2 aromatic carbocycles. The molecular formula is C24H20F3NO4S. The molecule has 0 radical (unpaired) electrons. The van der Waals surface area contributed by atoms with Crippen LogP contribution in [0.25, 0.3) is 0 Å². The van der Waals surface area contributed by atoms with Crippen LogP contribution in [0.15, 0.2) is 82.0 Å². The van der Waals surface area contributed by atoms with E-state index in [1.54, 1.807) is 30.3 Å². The normalized spacial score (nSPS) is 19.8. The van der Waals surface area contributed by atoms with Gasteiger partial charge in [-0.05, 0) is 47.8 Å². The number of carboxylic acids is 1. The number of nitrogens with one attached hydrogen (secondary N) is 1. The fourth-order valence-corrected chi connectivity index (χ4v) is 5.48. The van der Waals surface area contributed by atoms with Crippen molar-refractivity contribution in [3.63, 3.8) is 0 Å². The average molecular weight is 475 g/mol. The number of rotatable bonds is 5. The molecule has 0 aromatic heterocycles. The minimum Gasteiger partial charge on any atom is -0.611 e. The van der Waals surface area contributed by atoms with Gasteiger partial charge >= 0.3 is 12.1 Å². The van der Waals surface area contributed by atoms with Crippen LogP contribution in [0.2, 0.25) is 0 Å². The minimum atomic E-state index is -4.74. The van der Waals surface area contributed by atoms with Crippen molar-refractivity contribution in [1.29, 1.82) is 0 Å². The van der Waals surface area contributed by atoms with Crippen LogP contribution >= 0.6 is 0 Å². The zero-order valence-electron chi connectivity index (χ0n) is 17.3. The number of carboxylic acid groups (broad SMARTS) is 1. The Kier molecular flexibility index (Phi) is 6.36. The number of ketones is 1. The van der Waals surface area contributed by atoms with Crippen LogP contribution in [0.1, 0.15) is 36.3 Å². The van der Waals surface area contributed by atoms with Crippen molar-refractivity contribution in [2.24, 2.45) is 0 Å². The third kappa shape index (κ3) is 4.56. The summed E-state index contributed by atoms with van der Waals surface area (Å²) in [5, 5.41) is 13.0. The van der Waals surface area contributed by atoms with Gasteiger partial charge in [-0.1, -0.05) is 36.4 Å². The van der Waals surface area contributed by atoms with Gasteiger partial charge in [-0.15, -0.1) is 0 Å². The Morgan fingerprint density at radius 2 is 1.76 bits per heavy atom. The van der Waals surface area contributed by atoms with E-state index in [9.17, 15) is 32.4 Å². The Morgan fingerprint density at radius 3 is 2.42 bits per heavy atom. The first-order chi connectivity index (χ1) is 15.7. The van der Waals surface area contributed by atoms with Gasteiger partial charge in [-0.2, -0.15) is 13.2 Å². The van der Waals surface area contributed by atoms with Gasteiger partial charge in [-0.25, -0.2) is 4.79 Å². The first-order valence-electron chi connectivity index (χ1n) is 10.3. The van der Waals surface area contributed by atoms with E-state index in [0.29, 0.717) is 23.4 Å². The lowest BCUT2D eigenvalue weighted by molar-refractivity contribution is -0.139. The fraction of sp³-hybridized carbons (Fsp3) is 0.250. The van der Waals surface area contributed by atoms with Gasteiger partial charge < -0.3 is 15.0 Å². The molecule has 2 N–H and O–H groups in total. The molecule has 33 heavy (non-hydrogen) atoms. The summed E-state index contributed by atoms with van der Waals surface area (Å²) in [4.78, 5) is 25.7. The number of alkyl halides is 3. The van der Waals surface area contributed by atoms with Crippen LogP contribution in [0, 0.1) is 0 Å². The molecule has 1 heterocycles. The summed E-state index contributed by atoms with van der Waals surface area (Å²) in [6.45, 7) is 0. The zero-order valence-corrected chi connectivity index (χ0v) is 18.1. The van der Waals surface area contributed by atoms with E-state index >= 15 is 0 Å². The van der Waals surface area contributed by atoms with Gasteiger partial charge in [0.25, 0.3) is 0 Å². The molecule has 0 spiro atoms. The third-order valence-electron chi connectivity index (χ3n) is 5.75. The Hall–Kier alpha value is -3.04. The second kappa shape index (κ2) is 9.07. The third-order valence-corrected chi connectivity index (χ3v) is 7.10. The average Bonchev–Trinajstić information content (AvgIpc) is 2.78. The van der Waals surface area contributed by atoms with E-state index < -0.39 is 34.8 Å². The molecule has 2 aromatic rings. The molecule has 0 saturated carbocycles. The zero-order chi connectivity index (χ0) is 23.8. The Morgan fingerprint density at radius 1 is 1.09 bits per heavy atom. The largest absolute Gasteiger partial charge is 0.611 e. The summed E-state index contributed by atoms with van der Waals surface area (Å²) in [6, 6.07) is 13.1. The Bertz CT molecular complexity index is 1160. The van der Waals surface area contributed by atoms with Crippen molar-refractivity contribution in [2.45, 2.75) is 36.3 Å². The van der Waals surface area contributed by atoms with Crippen LogP contribution < -0.4 is 5.32 Å². The summed E-state index contributed by atoms with van der Waals surface area (Å²) in [7, 11) is 0. The van der Waals surface area contributed by atoms with Crippen LogP contribution in [-0.2, 0) is 26.9 Å². The number of carbonyl (C=O) groups is 2. The van der Waals surface area contributed by atoms with E-state index in [1.807, 2.05) is 0 Å². The predicted molar refractivity (Wildman–Crippen MR) is 116 cm³/mol. The lowest BCUT2D eigenvalue weighted by Crippen LogP contribution is -2.37. The molecule has 172 valence electrons. The molecule has 1 aliphatic carbocycles. The monoisotopic (exact) mass is 475 g/mol. The SMILES string of the molecule is O=C(O)C1=C(C[S+]([O-])c2ccccc2)NC2=C(C(=O)CCC2)C1c1ccccc1C(F)(F)F. The number of Topliss-reactive ketones (excluding diaryl/α,β-unsaturated/α-hetero) is 1. The number of benzene rings is 2. The summed E-state index contributed by atoms with van der Waals surface area (Å²) in [5.41, 5.74) is -1.17. The maximum absolute atomic E-state index is 13.9. The number of aliphatic carboxylic acids is 1. The molecule has 0 bridgehead atoms. The summed E-state index contributed by atoms with van der Waals surface area (Å²) >= 11 is -1.65. The fourth-order valence-electron chi connectivity index (χ4n) is 4.37. The van der Waals surface area contributed by atoms with Crippen molar-refractivity contribution in [2.75, 3.05) is 5.75 Å². The number of hydrogen-bond acceptors (Lipinski definition) is 4. The Balaban J connectivity index is 1.90. The predicted octanol–water partition coefficient (Wildman–Crippen LogP) is 4.55. The second-order valence-electron chi connectivity index (χ2n) is 7.81. The van der Waals surface area contributed by atoms with Crippen LogP contribution in [0.4, 0.5) is 13.2 Å². The van der Waals surface area contributed by atoms with Gasteiger partial charge in [0.15, 0.2) is 16.4 Å². The van der Waals surface area contributed by atoms with E-state index in [2.05, 4.69) is 5.32 Å². The maximum atomic E-state index is 13.9. The lowest BCUT2D eigenvalue weighted by atomic mass is 9.74. The highest BCUT2D eigenvalue weighted by molar-refractivity contribution is 7.91. The number of hydrogen-bond donors (Lipinski definition) is 2. The molecule has 4 rings (SSSR count). The molecule has 0 amide bonds. The van der Waals surface area contributed by atoms with Gasteiger partial charge in [0.05, 0.1) is 16.8 Å². The molecule has 0 fully saturated rings. The van der Waals surface area contributed by atoms with E-state index in [-0.39, 0.29) is 40.4 Å². The topological polar surface area (TPSA) is 89.5 Å².